The minimum absolute atomic E-state index is 0.0165. The number of amides is 2. The molecule has 25 heavy (non-hydrogen) atoms. The van der Waals surface area contributed by atoms with Gasteiger partial charge in [0.25, 0.3) is 5.91 Å². The minimum Gasteiger partial charge on any atom is -0.393 e. The third-order valence-corrected chi connectivity index (χ3v) is 5.15. The normalized spacial score (nSPS) is 24.8. The summed E-state index contributed by atoms with van der Waals surface area (Å²) in [6.07, 6.45) is 3.78. The molecule has 3 atom stereocenters. The first-order valence-electron chi connectivity index (χ1n) is 9.23. The highest BCUT2D eigenvalue weighted by atomic mass is 16.5. The van der Waals surface area contributed by atoms with Crippen LogP contribution in [-0.4, -0.2) is 51.7 Å². The van der Waals surface area contributed by atoms with Gasteiger partial charge in [-0.05, 0) is 39.0 Å². The van der Waals surface area contributed by atoms with E-state index in [-0.39, 0.29) is 30.3 Å². The standard InChI is InChI=1S/C18H27N3O4/c1-3-14(22)9-17(23)21-7-6-13(8-11(21)2)19-18(24)15-10-16(25-20-15)12-4-5-12/h10-14,22H,3-9H2,1-2H3,(H,19,24)/t11-,13?,14?/m0/s1. The van der Waals surface area contributed by atoms with Crippen LogP contribution in [0.15, 0.2) is 10.6 Å². The maximum absolute atomic E-state index is 12.3. The Morgan fingerprint density at radius 3 is 2.84 bits per heavy atom. The Hall–Kier alpha value is -1.89. The molecule has 0 bridgehead atoms. The van der Waals surface area contributed by atoms with Crippen molar-refractivity contribution in [3.05, 3.63) is 17.5 Å². The van der Waals surface area contributed by atoms with Gasteiger partial charge in [-0.25, -0.2) is 0 Å². The quantitative estimate of drug-likeness (QED) is 0.817. The summed E-state index contributed by atoms with van der Waals surface area (Å²) < 4.78 is 5.23. The van der Waals surface area contributed by atoms with E-state index in [4.69, 9.17) is 4.52 Å². The first-order valence-corrected chi connectivity index (χ1v) is 9.23. The fourth-order valence-corrected chi connectivity index (χ4v) is 3.35. The van der Waals surface area contributed by atoms with E-state index < -0.39 is 6.10 Å². The number of aliphatic hydroxyl groups is 1. The van der Waals surface area contributed by atoms with E-state index in [1.54, 1.807) is 6.07 Å². The highest BCUT2D eigenvalue weighted by Crippen LogP contribution is 2.40. The van der Waals surface area contributed by atoms with Gasteiger partial charge in [-0.15, -0.1) is 0 Å². The molecule has 138 valence electrons. The Bertz CT molecular complexity index is 626. The van der Waals surface area contributed by atoms with Crippen molar-refractivity contribution < 1.29 is 19.2 Å². The molecule has 0 radical (unpaired) electrons. The number of hydrogen-bond donors (Lipinski definition) is 2. The SMILES string of the molecule is CCC(O)CC(=O)N1CCC(NC(=O)c2cc(C3CC3)on2)C[C@@H]1C. The summed E-state index contributed by atoms with van der Waals surface area (Å²) in [6.45, 7) is 4.44. The summed E-state index contributed by atoms with van der Waals surface area (Å²) in [5, 5.41) is 16.5. The van der Waals surface area contributed by atoms with Gasteiger partial charge in [-0.2, -0.15) is 0 Å². The second-order valence-corrected chi connectivity index (χ2v) is 7.29. The molecule has 1 aromatic rings. The van der Waals surface area contributed by atoms with Crippen LogP contribution in [0.3, 0.4) is 0 Å². The summed E-state index contributed by atoms with van der Waals surface area (Å²) in [5.41, 5.74) is 0.333. The Morgan fingerprint density at radius 2 is 2.20 bits per heavy atom. The van der Waals surface area contributed by atoms with Gasteiger partial charge in [0.15, 0.2) is 5.69 Å². The number of nitrogens with zero attached hydrogens (tertiary/aromatic N) is 2. The van der Waals surface area contributed by atoms with Crippen LogP contribution in [0.25, 0.3) is 0 Å². The Kier molecular flexibility index (Phi) is 5.42. The molecule has 2 aliphatic rings. The molecule has 2 fully saturated rings. The lowest BCUT2D eigenvalue weighted by Crippen LogP contribution is -2.51. The molecule has 0 aromatic carbocycles. The van der Waals surface area contributed by atoms with Crippen molar-refractivity contribution in [2.75, 3.05) is 6.54 Å². The van der Waals surface area contributed by atoms with E-state index in [0.717, 1.165) is 18.6 Å². The van der Waals surface area contributed by atoms with Gasteiger partial charge in [0.1, 0.15) is 5.76 Å². The summed E-state index contributed by atoms with van der Waals surface area (Å²) in [7, 11) is 0. The summed E-state index contributed by atoms with van der Waals surface area (Å²) in [4.78, 5) is 26.4. The van der Waals surface area contributed by atoms with Crippen LogP contribution in [0.1, 0.15) is 74.5 Å². The molecule has 1 saturated carbocycles. The lowest BCUT2D eigenvalue weighted by atomic mass is 9.97. The zero-order chi connectivity index (χ0) is 18.0. The number of piperidine rings is 1. The number of aromatic nitrogens is 1. The second kappa shape index (κ2) is 7.56. The maximum Gasteiger partial charge on any atom is 0.273 e. The Labute approximate surface area is 147 Å². The first-order chi connectivity index (χ1) is 12.0. The fourth-order valence-electron chi connectivity index (χ4n) is 3.35. The molecule has 2 amide bonds. The summed E-state index contributed by atoms with van der Waals surface area (Å²) >= 11 is 0. The largest absolute Gasteiger partial charge is 0.393 e. The molecular formula is C18H27N3O4. The number of carbonyl (C=O) groups excluding carboxylic acids is 2. The van der Waals surface area contributed by atoms with E-state index in [9.17, 15) is 14.7 Å². The first kappa shape index (κ1) is 17.9. The summed E-state index contributed by atoms with van der Waals surface area (Å²) in [5.74, 6) is 1.00. The molecule has 2 unspecified atom stereocenters. The molecular weight excluding hydrogens is 322 g/mol. The number of nitrogens with one attached hydrogen (secondary N) is 1. The zero-order valence-corrected chi connectivity index (χ0v) is 14.9. The number of aliphatic hydroxyl groups excluding tert-OH is 1. The zero-order valence-electron chi connectivity index (χ0n) is 14.9. The second-order valence-electron chi connectivity index (χ2n) is 7.29. The molecule has 7 nitrogen and oxygen atoms in total. The predicted molar refractivity (Wildman–Crippen MR) is 91.1 cm³/mol. The van der Waals surface area contributed by atoms with Crippen LogP contribution in [0.2, 0.25) is 0 Å². The molecule has 2 N–H and O–H groups in total. The van der Waals surface area contributed by atoms with Crippen LogP contribution in [0.4, 0.5) is 0 Å². The third-order valence-electron chi connectivity index (χ3n) is 5.15. The molecule has 3 rings (SSSR count). The molecule has 1 aromatic heterocycles. The van der Waals surface area contributed by atoms with E-state index in [1.807, 2.05) is 18.7 Å². The van der Waals surface area contributed by atoms with Crippen molar-refractivity contribution in [3.8, 4) is 0 Å². The molecule has 7 heteroatoms. The molecule has 0 spiro atoms. The van der Waals surface area contributed by atoms with E-state index in [0.29, 0.717) is 37.4 Å². The van der Waals surface area contributed by atoms with Crippen molar-refractivity contribution in [1.82, 2.24) is 15.4 Å². The molecule has 1 saturated heterocycles. The lowest BCUT2D eigenvalue weighted by Gasteiger charge is -2.38. The smallest absolute Gasteiger partial charge is 0.273 e. The van der Waals surface area contributed by atoms with Gasteiger partial charge in [0, 0.05) is 30.6 Å². The number of likely N-dealkylation sites (tertiary alicyclic amines) is 1. The minimum atomic E-state index is -0.579. The molecule has 1 aliphatic heterocycles. The molecule has 1 aliphatic carbocycles. The van der Waals surface area contributed by atoms with Crippen LogP contribution in [0.5, 0.6) is 0 Å². The van der Waals surface area contributed by atoms with Gasteiger partial charge in [0.2, 0.25) is 5.91 Å². The summed E-state index contributed by atoms with van der Waals surface area (Å²) in [6, 6.07) is 1.79. The van der Waals surface area contributed by atoms with Gasteiger partial charge in [0.05, 0.1) is 12.5 Å². The number of hydrogen-bond acceptors (Lipinski definition) is 5. The topological polar surface area (TPSA) is 95.7 Å². The Balaban J connectivity index is 1.50. The van der Waals surface area contributed by atoms with E-state index in [1.165, 1.54) is 0 Å². The van der Waals surface area contributed by atoms with Crippen LogP contribution in [0, 0.1) is 0 Å². The maximum atomic E-state index is 12.3. The average molecular weight is 349 g/mol. The predicted octanol–water partition coefficient (Wildman–Crippen LogP) is 1.82. The van der Waals surface area contributed by atoms with Gasteiger partial charge in [-0.1, -0.05) is 12.1 Å². The Morgan fingerprint density at radius 1 is 1.44 bits per heavy atom. The highest BCUT2D eigenvalue weighted by Gasteiger charge is 2.32. The highest BCUT2D eigenvalue weighted by molar-refractivity contribution is 5.92. The van der Waals surface area contributed by atoms with Gasteiger partial charge < -0.3 is 19.8 Å². The number of carbonyl (C=O) groups is 2. The van der Waals surface area contributed by atoms with Crippen molar-refractivity contribution in [3.63, 3.8) is 0 Å². The van der Waals surface area contributed by atoms with Crippen LogP contribution in [-0.2, 0) is 4.79 Å². The van der Waals surface area contributed by atoms with Crippen molar-refractivity contribution in [2.45, 2.75) is 76.5 Å². The van der Waals surface area contributed by atoms with Crippen molar-refractivity contribution in [1.29, 1.82) is 0 Å². The molecule has 2 heterocycles. The third kappa shape index (κ3) is 4.39. The van der Waals surface area contributed by atoms with Gasteiger partial charge in [-0.3, -0.25) is 9.59 Å². The van der Waals surface area contributed by atoms with Gasteiger partial charge >= 0.3 is 0 Å². The monoisotopic (exact) mass is 349 g/mol. The lowest BCUT2D eigenvalue weighted by molar-refractivity contribution is -0.136. The van der Waals surface area contributed by atoms with Crippen molar-refractivity contribution in [2.24, 2.45) is 0 Å². The van der Waals surface area contributed by atoms with E-state index in [2.05, 4.69) is 10.5 Å². The van der Waals surface area contributed by atoms with Crippen molar-refractivity contribution >= 4 is 11.8 Å². The number of rotatable bonds is 6. The van der Waals surface area contributed by atoms with Crippen LogP contribution < -0.4 is 5.32 Å². The fraction of sp³-hybridized carbons (Fsp3) is 0.722. The van der Waals surface area contributed by atoms with Crippen LogP contribution >= 0.6 is 0 Å². The van der Waals surface area contributed by atoms with E-state index >= 15 is 0 Å². The average Bonchev–Trinajstić information content (AvgIpc) is 3.31.